The zero-order valence-electron chi connectivity index (χ0n) is 10.9. The predicted octanol–water partition coefficient (Wildman–Crippen LogP) is 3.28. The van der Waals surface area contributed by atoms with Crippen LogP contribution in [0.3, 0.4) is 0 Å². The fraction of sp³-hybridized carbons (Fsp3) is 0. The lowest BCUT2D eigenvalue weighted by Gasteiger charge is -2.11. The third-order valence-electron chi connectivity index (χ3n) is 2.92. The molecular formula is C15H11BrN4O. The molecule has 0 saturated carbocycles. The van der Waals surface area contributed by atoms with Crippen molar-refractivity contribution in [2.45, 2.75) is 0 Å². The molecule has 0 fully saturated rings. The summed E-state index contributed by atoms with van der Waals surface area (Å²) in [6.07, 6.45) is 6.79. The Kier molecular flexibility index (Phi) is 3.79. The molecule has 6 heteroatoms. The normalized spacial score (nSPS) is 10.3. The Bertz CT molecular complexity index is 771. The lowest BCUT2D eigenvalue weighted by Crippen LogP contribution is -2.13. The summed E-state index contributed by atoms with van der Waals surface area (Å²) < 4.78 is 2.47. The van der Waals surface area contributed by atoms with Gasteiger partial charge in [-0.1, -0.05) is 12.1 Å². The highest BCUT2D eigenvalue weighted by molar-refractivity contribution is 9.10. The molecule has 2 aromatic heterocycles. The van der Waals surface area contributed by atoms with Crippen molar-refractivity contribution in [2.24, 2.45) is 0 Å². The maximum absolute atomic E-state index is 12.3. The summed E-state index contributed by atoms with van der Waals surface area (Å²) >= 11 is 3.26. The molecule has 104 valence electrons. The summed E-state index contributed by atoms with van der Waals surface area (Å²) in [4.78, 5) is 20.3. The van der Waals surface area contributed by atoms with Crippen LogP contribution in [0, 0.1) is 0 Å². The third-order valence-corrected chi connectivity index (χ3v) is 3.36. The fourth-order valence-electron chi connectivity index (χ4n) is 1.94. The molecule has 1 amide bonds. The van der Waals surface area contributed by atoms with E-state index in [1.165, 1.54) is 0 Å². The fourth-order valence-corrected chi connectivity index (χ4v) is 2.31. The number of rotatable bonds is 3. The summed E-state index contributed by atoms with van der Waals surface area (Å²) in [6, 6.07) is 10.9. The Hall–Kier alpha value is -2.47. The summed E-state index contributed by atoms with van der Waals surface area (Å²) in [7, 11) is 0. The average molecular weight is 343 g/mol. The summed E-state index contributed by atoms with van der Waals surface area (Å²) in [6.45, 7) is 0. The van der Waals surface area contributed by atoms with E-state index in [9.17, 15) is 4.79 Å². The number of halogens is 1. The number of amides is 1. The van der Waals surface area contributed by atoms with Crippen LogP contribution >= 0.6 is 15.9 Å². The number of hydrogen-bond donors (Lipinski definition) is 1. The van der Waals surface area contributed by atoms with E-state index in [-0.39, 0.29) is 5.91 Å². The molecule has 2 heterocycles. The molecule has 5 nitrogen and oxygen atoms in total. The first kappa shape index (κ1) is 13.5. The van der Waals surface area contributed by atoms with Crippen LogP contribution in [0.4, 0.5) is 5.69 Å². The predicted molar refractivity (Wildman–Crippen MR) is 83.5 cm³/mol. The van der Waals surface area contributed by atoms with E-state index in [0.717, 1.165) is 5.69 Å². The molecule has 1 N–H and O–H groups in total. The highest BCUT2D eigenvalue weighted by atomic mass is 79.9. The van der Waals surface area contributed by atoms with Crippen molar-refractivity contribution in [2.75, 3.05) is 5.32 Å². The molecule has 0 unspecified atom stereocenters. The minimum Gasteiger partial charge on any atom is -0.320 e. The number of carbonyl (C=O) groups excluding carboxylic acids is 1. The van der Waals surface area contributed by atoms with Crippen LogP contribution in [0.15, 0.2) is 65.9 Å². The van der Waals surface area contributed by atoms with Gasteiger partial charge in [0.25, 0.3) is 5.91 Å². The summed E-state index contributed by atoms with van der Waals surface area (Å²) in [5.74, 6) is -0.189. The SMILES string of the molecule is O=C(Nc1ccccc1-n1ccnc1)c1ccnc(Br)c1. The summed E-state index contributed by atoms with van der Waals surface area (Å²) in [5.41, 5.74) is 2.11. The Morgan fingerprint density at radius 1 is 1.19 bits per heavy atom. The molecular weight excluding hydrogens is 332 g/mol. The van der Waals surface area contributed by atoms with Gasteiger partial charge >= 0.3 is 0 Å². The first-order valence-electron chi connectivity index (χ1n) is 6.24. The quantitative estimate of drug-likeness (QED) is 0.743. The topological polar surface area (TPSA) is 59.8 Å². The molecule has 1 aromatic carbocycles. The lowest BCUT2D eigenvalue weighted by molar-refractivity contribution is 0.102. The maximum Gasteiger partial charge on any atom is 0.255 e. The Morgan fingerprint density at radius 2 is 2.05 bits per heavy atom. The van der Waals surface area contributed by atoms with Gasteiger partial charge in [0.1, 0.15) is 4.60 Å². The first-order chi connectivity index (χ1) is 10.2. The molecule has 0 aliphatic heterocycles. The minimum atomic E-state index is -0.189. The number of hydrogen-bond acceptors (Lipinski definition) is 3. The average Bonchev–Trinajstić information content (AvgIpc) is 3.02. The standard InChI is InChI=1S/C15H11BrN4O/c16-14-9-11(5-6-18-14)15(21)19-12-3-1-2-4-13(12)20-8-7-17-10-20/h1-10H,(H,19,21). The first-order valence-corrected chi connectivity index (χ1v) is 7.03. The van der Waals surface area contributed by atoms with Crippen molar-refractivity contribution in [3.63, 3.8) is 0 Å². The highest BCUT2D eigenvalue weighted by Gasteiger charge is 2.10. The van der Waals surface area contributed by atoms with Crippen LogP contribution in [0.25, 0.3) is 5.69 Å². The molecule has 3 aromatic rings. The van der Waals surface area contributed by atoms with Gasteiger partial charge < -0.3 is 9.88 Å². The van der Waals surface area contributed by atoms with Gasteiger partial charge in [-0.05, 0) is 40.2 Å². The molecule has 0 spiro atoms. The van der Waals surface area contributed by atoms with Gasteiger partial charge in [-0.25, -0.2) is 9.97 Å². The van der Waals surface area contributed by atoms with Gasteiger partial charge in [0.15, 0.2) is 0 Å². The largest absolute Gasteiger partial charge is 0.320 e. The molecule has 3 rings (SSSR count). The van der Waals surface area contributed by atoms with Gasteiger partial charge in [-0.3, -0.25) is 4.79 Å². The molecule has 0 saturated heterocycles. The second-order valence-corrected chi connectivity index (χ2v) is 5.12. The third kappa shape index (κ3) is 3.00. The number of pyridine rings is 1. The molecule has 0 bridgehead atoms. The van der Waals surface area contributed by atoms with Crippen molar-refractivity contribution in [1.29, 1.82) is 0 Å². The number of carbonyl (C=O) groups is 1. The van der Waals surface area contributed by atoms with Crippen LogP contribution in [0.5, 0.6) is 0 Å². The number of nitrogens with one attached hydrogen (secondary N) is 1. The minimum absolute atomic E-state index is 0.189. The maximum atomic E-state index is 12.3. The molecule has 0 atom stereocenters. The second-order valence-electron chi connectivity index (χ2n) is 4.31. The highest BCUT2D eigenvalue weighted by Crippen LogP contribution is 2.20. The molecule has 0 radical (unpaired) electrons. The zero-order chi connectivity index (χ0) is 14.7. The Balaban J connectivity index is 1.90. The number of para-hydroxylation sites is 2. The lowest BCUT2D eigenvalue weighted by atomic mass is 10.2. The number of benzene rings is 1. The van der Waals surface area contributed by atoms with Gasteiger partial charge in [-0.2, -0.15) is 0 Å². The van der Waals surface area contributed by atoms with E-state index >= 15 is 0 Å². The van der Waals surface area contributed by atoms with Crippen molar-refractivity contribution in [3.05, 3.63) is 71.5 Å². The van der Waals surface area contributed by atoms with Crippen LogP contribution in [0.2, 0.25) is 0 Å². The zero-order valence-corrected chi connectivity index (χ0v) is 12.5. The van der Waals surface area contributed by atoms with E-state index in [1.807, 2.05) is 35.0 Å². The summed E-state index contributed by atoms with van der Waals surface area (Å²) in [5, 5.41) is 2.91. The van der Waals surface area contributed by atoms with Gasteiger partial charge in [0.2, 0.25) is 0 Å². The van der Waals surface area contributed by atoms with Crippen LogP contribution in [-0.4, -0.2) is 20.4 Å². The van der Waals surface area contributed by atoms with E-state index in [4.69, 9.17) is 0 Å². The Labute approximate surface area is 129 Å². The Morgan fingerprint density at radius 3 is 2.81 bits per heavy atom. The van der Waals surface area contributed by atoms with Gasteiger partial charge in [-0.15, -0.1) is 0 Å². The van der Waals surface area contributed by atoms with Crippen molar-refractivity contribution in [3.8, 4) is 5.69 Å². The number of nitrogens with zero attached hydrogens (tertiary/aromatic N) is 3. The van der Waals surface area contributed by atoms with Crippen LogP contribution in [0.1, 0.15) is 10.4 Å². The van der Waals surface area contributed by atoms with E-state index in [2.05, 4.69) is 31.2 Å². The smallest absolute Gasteiger partial charge is 0.255 e. The molecule has 0 aliphatic rings. The monoisotopic (exact) mass is 342 g/mol. The van der Waals surface area contributed by atoms with E-state index in [1.54, 1.807) is 30.9 Å². The number of aromatic nitrogens is 3. The van der Waals surface area contributed by atoms with E-state index in [0.29, 0.717) is 15.9 Å². The second kappa shape index (κ2) is 5.88. The van der Waals surface area contributed by atoms with Crippen molar-refractivity contribution >= 4 is 27.5 Å². The van der Waals surface area contributed by atoms with Crippen molar-refractivity contribution in [1.82, 2.24) is 14.5 Å². The number of imidazole rings is 1. The molecule has 21 heavy (non-hydrogen) atoms. The van der Waals surface area contributed by atoms with Gasteiger partial charge in [0.05, 0.1) is 17.7 Å². The van der Waals surface area contributed by atoms with Crippen molar-refractivity contribution < 1.29 is 4.79 Å². The number of anilines is 1. The van der Waals surface area contributed by atoms with Gasteiger partial charge in [0, 0.05) is 24.2 Å². The van der Waals surface area contributed by atoms with Crippen LogP contribution < -0.4 is 5.32 Å². The van der Waals surface area contributed by atoms with Crippen LogP contribution in [-0.2, 0) is 0 Å². The molecule has 0 aliphatic carbocycles. The van der Waals surface area contributed by atoms with E-state index < -0.39 is 0 Å².